The van der Waals surface area contributed by atoms with Crippen molar-refractivity contribution in [3.63, 3.8) is 0 Å². The van der Waals surface area contributed by atoms with E-state index in [9.17, 15) is 19.2 Å². The number of hydrogen-bond acceptors (Lipinski definition) is 7. The molecule has 202 valence electrons. The van der Waals surface area contributed by atoms with Crippen LogP contribution in [0.4, 0.5) is 5.69 Å². The number of aromatic nitrogens is 1. The molecule has 0 aliphatic carbocycles. The van der Waals surface area contributed by atoms with E-state index in [1.807, 2.05) is 19.1 Å². The van der Waals surface area contributed by atoms with Crippen molar-refractivity contribution in [2.45, 2.75) is 29.7 Å². The molecule has 0 N–H and O–H groups in total. The van der Waals surface area contributed by atoms with Crippen LogP contribution in [0.2, 0.25) is 10.0 Å². The van der Waals surface area contributed by atoms with Gasteiger partial charge in [0.15, 0.2) is 0 Å². The van der Waals surface area contributed by atoms with Crippen LogP contribution in [0, 0.1) is 12.8 Å². The van der Waals surface area contributed by atoms with Crippen molar-refractivity contribution in [1.82, 2.24) is 9.47 Å². The largest absolute Gasteiger partial charge is 0.378 e. The quantitative estimate of drug-likeness (QED) is 0.416. The van der Waals surface area contributed by atoms with Crippen LogP contribution < -0.4 is 9.77 Å². The van der Waals surface area contributed by atoms with E-state index in [2.05, 4.69) is 0 Å². The lowest BCUT2D eigenvalue weighted by atomic mass is 9.83. The predicted molar refractivity (Wildman–Crippen MR) is 151 cm³/mol. The summed E-state index contributed by atoms with van der Waals surface area (Å²) in [6.07, 6.45) is 0. The molecule has 6 rings (SSSR count). The van der Waals surface area contributed by atoms with Crippen molar-refractivity contribution in [2.24, 2.45) is 5.92 Å². The van der Waals surface area contributed by atoms with Gasteiger partial charge in [-0.15, -0.1) is 0 Å². The molecule has 2 saturated heterocycles. The second-order valence-electron chi connectivity index (χ2n) is 9.65. The lowest BCUT2D eigenvalue weighted by Crippen LogP contribution is -2.43. The highest BCUT2D eigenvalue weighted by Crippen LogP contribution is 2.55. The molecule has 3 amide bonds. The molecule has 3 atom stereocenters. The first-order chi connectivity index (χ1) is 18.8. The number of rotatable bonds is 4. The monoisotopic (exact) mass is 603 g/mol. The molecule has 0 radical (unpaired) electrons. The van der Waals surface area contributed by atoms with Crippen LogP contribution in [0.5, 0.6) is 0 Å². The molecule has 39 heavy (non-hydrogen) atoms. The minimum absolute atomic E-state index is 0.158. The molecule has 4 heterocycles. The number of ether oxygens (including phenoxy) is 1. The molecule has 2 aromatic carbocycles. The SMILES string of the molecule is Cc1ccc(N2C(=O)C3Sc4c(sc(=O)n4CC(=O)N4CCOCC4)[C@H](c4cccc(Cl)c4Cl)C3C2=O)cc1. The summed E-state index contributed by atoms with van der Waals surface area (Å²) in [7, 11) is 0. The van der Waals surface area contributed by atoms with Crippen LogP contribution in [0.25, 0.3) is 0 Å². The van der Waals surface area contributed by atoms with Gasteiger partial charge in [0, 0.05) is 23.9 Å². The number of nitrogens with zero attached hydrogens (tertiary/aromatic N) is 3. The Labute approximate surface area is 242 Å². The fourth-order valence-electron chi connectivity index (χ4n) is 5.35. The van der Waals surface area contributed by atoms with Crippen LogP contribution in [0.3, 0.4) is 0 Å². The van der Waals surface area contributed by atoms with E-state index in [4.69, 9.17) is 27.9 Å². The number of fused-ring (bicyclic) bond motifs is 2. The summed E-state index contributed by atoms with van der Waals surface area (Å²) in [6, 6.07) is 12.4. The fraction of sp³-hybridized carbons (Fsp3) is 0.333. The van der Waals surface area contributed by atoms with Crippen LogP contribution >= 0.6 is 46.3 Å². The molecule has 3 aliphatic heterocycles. The van der Waals surface area contributed by atoms with Gasteiger partial charge in [-0.05, 0) is 30.7 Å². The third-order valence-corrected chi connectivity index (χ3v) is 10.8. The van der Waals surface area contributed by atoms with Crippen LogP contribution in [-0.2, 0) is 25.7 Å². The average Bonchev–Trinajstić information content (AvgIpc) is 3.38. The first-order valence-corrected chi connectivity index (χ1v) is 14.9. The maximum atomic E-state index is 14.0. The van der Waals surface area contributed by atoms with Crippen molar-refractivity contribution < 1.29 is 19.1 Å². The molecule has 1 aromatic heterocycles. The van der Waals surface area contributed by atoms with Gasteiger partial charge in [-0.25, -0.2) is 4.90 Å². The third-order valence-electron chi connectivity index (χ3n) is 7.32. The molecule has 3 aliphatic rings. The Balaban J connectivity index is 1.46. The summed E-state index contributed by atoms with van der Waals surface area (Å²) < 4.78 is 6.77. The molecular formula is C27H23Cl2N3O5S2. The normalized spacial score (nSPS) is 22.7. The second kappa shape index (κ2) is 10.4. The number of benzene rings is 2. The highest BCUT2D eigenvalue weighted by atomic mass is 35.5. The molecule has 0 spiro atoms. The van der Waals surface area contributed by atoms with Gasteiger partial charge in [0.25, 0.3) is 0 Å². The van der Waals surface area contributed by atoms with Gasteiger partial charge in [-0.2, -0.15) is 0 Å². The zero-order valence-corrected chi connectivity index (χ0v) is 23.9. The number of carbonyl (C=O) groups excluding carboxylic acids is 3. The number of anilines is 1. The second-order valence-corrected chi connectivity index (χ2v) is 12.6. The van der Waals surface area contributed by atoms with E-state index < -0.39 is 17.1 Å². The van der Waals surface area contributed by atoms with E-state index in [1.54, 1.807) is 35.2 Å². The Morgan fingerprint density at radius 2 is 1.74 bits per heavy atom. The topological polar surface area (TPSA) is 88.9 Å². The van der Waals surface area contributed by atoms with Crippen molar-refractivity contribution >= 4 is 69.7 Å². The Morgan fingerprint density at radius 3 is 2.46 bits per heavy atom. The smallest absolute Gasteiger partial charge is 0.308 e. The minimum Gasteiger partial charge on any atom is -0.378 e. The third kappa shape index (κ3) is 4.52. The molecule has 2 unspecified atom stereocenters. The number of carbonyl (C=O) groups is 3. The number of amides is 3. The zero-order chi connectivity index (χ0) is 27.4. The van der Waals surface area contributed by atoms with Crippen molar-refractivity contribution in [3.05, 3.63) is 78.2 Å². The molecular weight excluding hydrogens is 581 g/mol. The Hall–Kier alpha value is -2.63. The minimum atomic E-state index is -0.801. The van der Waals surface area contributed by atoms with E-state index in [1.165, 1.54) is 21.2 Å². The van der Waals surface area contributed by atoms with Gasteiger partial charge in [-0.3, -0.25) is 23.7 Å². The number of thiazole rings is 1. The maximum absolute atomic E-state index is 14.0. The van der Waals surface area contributed by atoms with Crippen LogP contribution in [-0.4, -0.2) is 58.7 Å². The molecule has 3 aromatic rings. The van der Waals surface area contributed by atoms with Crippen molar-refractivity contribution in [2.75, 3.05) is 31.2 Å². The Bertz CT molecular complexity index is 1550. The number of imide groups is 1. The first kappa shape index (κ1) is 26.6. The first-order valence-electron chi connectivity index (χ1n) is 12.4. The summed E-state index contributed by atoms with van der Waals surface area (Å²) in [5.41, 5.74) is 2.06. The number of hydrogen-bond donors (Lipinski definition) is 0. The van der Waals surface area contributed by atoms with Gasteiger partial charge >= 0.3 is 4.87 Å². The zero-order valence-electron chi connectivity index (χ0n) is 20.8. The Morgan fingerprint density at radius 1 is 1.03 bits per heavy atom. The van der Waals surface area contributed by atoms with Gasteiger partial charge in [-0.1, -0.05) is 76.1 Å². The summed E-state index contributed by atoms with van der Waals surface area (Å²) in [5.74, 6) is -2.39. The van der Waals surface area contributed by atoms with E-state index in [-0.39, 0.29) is 34.2 Å². The lowest BCUT2D eigenvalue weighted by molar-refractivity contribution is -0.136. The summed E-state index contributed by atoms with van der Waals surface area (Å²) in [6.45, 7) is 3.58. The van der Waals surface area contributed by atoms with Crippen LogP contribution in [0.15, 0.2) is 52.3 Å². The van der Waals surface area contributed by atoms with Gasteiger partial charge < -0.3 is 9.64 Å². The predicted octanol–water partition coefficient (Wildman–Crippen LogP) is 4.18. The molecule has 2 fully saturated rings. The van der Waals surface area contributed by atoms with Gasteiger partial charge in [0.2, 0.25) is 17.7 Å². The maximum Gasteiger partial charge on any atom is 0.308 e. The number of morpholine rings is 1. The number of aryl methyl sites for hydroxylation is 1. The van der Waals surface area contributed by atoms with Crippen molar-refractivity contribution in [1.29, 1.82) is 0 Å². The summed E-state index contributed by atoms with van der Waals surface area (Å²) in [4.78, 5) is 57.3. The fourth-order valence-corrected chi connectivity index (χ4v) is 8.54. The summed E-state index contributed by atoms with van der Waals surface area (Å²) >= 11 is 15.2. The average molecular weight is 605 g/mol. The molecule has 0 saturated carbocycles. The van der Waals surface area contributed by atoms with Gasteiger partial charge in [0.1, 0.15) is 11.8 Å². The van der Waals surface area contributed by atoms with E-state index in [0.717, 1.165) is 16.9 Å². The standard InChI is InChI=1S/C27H23Cl2N3O5S2/c1-14-5-7-15(8-6-14)32-24(34)20-19(16-3-2-4-17(28)21(16)29)23-26(38-22(20)25(32)35)31(27(36)39-23)13-18(33)30-9-11-37-12-10-30/h2-8,19-20,22H,9-13H2,1H3/t19-,20?,22?/m1/s1. The Kier molecular flexibility index (Phi) is 7.09. The van der Waals surface area contributed by atoms with Crippen molar-refractivity contribution in [3.8, 4) is 0 Å². The molecule has 0 bridgehead atoms. The van der Waals surface area contributed by atoms with E-state index >= 15 is 0 Å². The van der Waals surface area contributed by atoms with Gasteiger partial charge in [0.05, 0.1) is 39.9 Å². The number of thioether (sulfide) groups is 1. The number of halogens is 2. The highest BCUT2D eigenvalue weighted by Gasteiger charge is 2.57. The van der Waals surface area contributed by atoms with E-state index in [0.29, 0.717) is 52.5 Å². The highest BCUT2D eigenvalue weighted by molar-refractivity contribution is 8.00. The van der Waals surface area contributed by atoms with Crippen LogP contribution in [0.1, 0.15) is 21.9 Å². The molecule has 12 heteroatoms. The lowest BCUT2D eigenvalue weighted by Gasteiger charge is -2.31. The molecule has 8 nitrogen and oxygen atoms in total. The summed E-state index contributed by atoms with van der Waals surface area (Å²) in [5, 5.41) is 0.296.